The van der Waals surface area contributed by atoms with Gasteiger partial charge in [0, 0.05) is 30.2 Å². The van der Waals surface area contributed by atoms with E-state index in [2.05, 4.69) is 10.2 Å². The maximum atomic E-state index is 13.7. The van der Waals surface area contributed by atoms with Crippen molar-refractivity contribution in [2.24, 2.45) is 0 Å². The van der Waals surface area contributed by atoms with Crippen molar-refractivity contribution in [1.29, 1.82) is 0 Å². The summed E-state index contributed by atoms with van der Waals surface area (Å²) < 4.78 is 54.1. The number of carbonyl (C=O) groups excluding carboxylic acids is 2. The van der Waals surface area contributed by atoms with E-state index in [1.807, 2.05) is 0 Å². The third-order valence-electron chi connectivity index (χ3n) is 6.30. The molecule has 0 radical (unpaired) electrons. The van der Waals surface area contributed by atoms with Crippen LogP contribution in [0.4, 0.5) is 17.6 Å². The molecule has 0 aromatic heterocycles. The molecule has 4 rings (SSSR count). The summed E-state index contributed by atoms with van der Waals surface area (Å²) in [5.41, 5.74) is 1.22. The summed E-state index contributed by atoms with van der Waals surface area (Å²) in [6, 6.07) is 6.24. The maximum Gasteiger partial charge on any atom is 0.221 e. The van der Waals surface area contributed by atoms with Gasteiger partial charge in [-0.2, -0.15) is 0 Å². The minimum absolute atomic E-state index is 0.143. The van der Waals surface area contributed by atoms with Crippen molar-refractivity contribution in [2.75, 3.05) is 19.6 Å². The van der Waals surface area contributed by atoms with Gasteiger partial charge in [-0.25, -0.2) is 17.6 Å². The largest absolute Gasteiger partial charge is 0.353 e. The number of Topliss-reactive ketones (excluding diaryl/α,β-unsaturated/α-hetero) is 1. The van der Waals surface area contributed by atoms with E-state index in [-0.39, 0.29) is 24.5 Å². The van der Waals surface area contributed by atoms with Crippen molar-refractivity contribution < 1.29 is 27.2 Å². The fourth-order valence-corrected chi connectivity index (χ4v) is 4.52. The van der Waals surface area contributed by atoms with E-state index in [0.717, 1.165) is 50.2 Å². The molecule has 1 aliphatic heterocycles. The number of halogens is 4. The Morgan fingerprint density at radius 1 is 0.857 bits per heavy atom. The first-order chi connectivity index (χ1) is 16.8. The number of nitrogens with zero attached hydrogens (tertiary/aromatic N) is 1. The van der Waals surface area contributed by atoms with Crippen LogP contribution in [0.25, 0.3) is 12.2 Å². The van der Waals surface area contributed by atoms with E-state index in [1.165, 1.54) is 24.3 Å². The Kier molecular flexibility index (Phi) is 7.80. The van der Waals surface area contributed by atoms with E-state index in [4.69, 9.17) is 0 Å². The van der Waals surface area contributed by atoms with Crippen LogP contribution in [-0.4, -0.2) is 42.3 Å². The first-order valence-electron chi connectivity index (χ1n) is 11.7. The Morgan fingerprint density at radius 3 is 1.86 bits per heavy atom. The molecule has 0 atom stereocenters. The fourth-order valence-electron chi connectivity index (χ4n) is 4.52. The van der Waals surface area contributed by atoms with E-state index in [9.17, 15) is 27.2 Å². The van der Waals surface area contributed by atoms with Gasteiger partial charge >= 0.3 is 0 Å². The van der Waals surface area contributed by atoms with Crippen molar-refractivity contribution in [3.05, 3.63) is 81.9 Å². The van der Waals surface area contributed by atoms with Gasteiger partial charge < -0.3 is 10.2 Å². The lowest BCUT2D eigenvalue weighted by atomic mass is 9.83. The standard InChI is InChI=1S/C27H26F4N2O2/c28-22-5-3-17(13-24(22)30)11-19-15-21(32-26(34)7-10-33-8-1-2-9-33)16-20(27(19)35)12-18-4-6-23(29)25(31)14-18/h3-6,11-14,21H,1-2,7-10,15-16H2,(H,32,34)/b19-11+,20-12+. The molecule has 8 heteroatoms. The number of rotatable bonds is 6. The molecule has 0 spiro atoms. The zero-order valence-electron chi connectivity index (χ0n) is 19.1. The van der Waals surface area contributed by atoms with Crippen LogP contribution in [0.2, 0.25) is 0 Å². The Balaban J connectivity index is 1.57. The Morgan fingerprint density at radius 2 is 1.37 bits per heavy atom. The van der Waals surface area contributed by atoms with Gasteiger partial charge in [-0.1, -0.05) is 12.1 Å². The molecule has 35 heavy (non-hydrogen) atoms. The lowest BCUT2D eigenvalue weighted by Gasteiger charge is -2.27. The number of likely N-dealkylation sites (tertiary alicyclic amines) is 1. The van der Waals surface area contributed by atoms with E-state index < -0.39 is 29.3 Å². The number of nitrogens with one attached hydrogen (secondary N) is 1. The normalized spacial score (nSPS) is 21.1. The van der Waals surface area contributed by atoms with Crippen molar-refractivity contribution in [2.45, 2.75) is 38.1 Å². The molecule has 1 N–H and O–H groups in total. The molecule has 0 unspecified atom stereocenters. The number of hydrogen-bond donors (Lipinski definition) is 1. The van der Waals surface area contributed by atoms with Gasteiger partial charge in [0.15, 0.2) is 29.1 Å². The molecule has 0 bridgehead atoms. The van der Waals surface area contributed by atoms with Crippen LogP contribution in [0, 0.1) is 23.3 Å². The second-order valence-corrected chi connectivity index (χ2v) is 8.99. The molecule has 1 aliphatic carbocycles. The zero-order valence-corrected chi connectivity index (χ0v) is 19.1. The summed E-state index contributed by atoms with van der Waals surface area (Å²) in [4.78, 5) is 28.0. The average molecular weight is 487 g/mol. The molecule has 2 fully saturated rings. The van der Waals surface area contributed by atoms with Gasteiger partial charge in [0.2, 0.25) is 5.91 Å². The molecule has 4 nitrogen and oxygen atoms in total. The quantitative estimate of drug-likeness (QED) is 0.460. The second kappa shape index (κ2) is 11.0. The molecule has 1 saturated carbocycles. The van der Waals surface area contributed by atoms with Gasteiger partial charge in [-0.05, 0) is 86.3 Å². The maximum absolute atomic E-state index is 13.7. The molecule has 2 aliphatic rings. The van der Waals surface area contributed by atoms with E-state index >= 15 is 0 Å². The number of benzene rings is 2. The lowest BCUT2D eigenvalue weighted by molar-refractivity contribution is -0.122. The summed E-state index contributed by atoms with van der Waals surface area (Å²) >= 11 is 0. The Hall–Kier alpha value is -3.26. The first-order valence-corrected chi connectivity index (χ1v) is 11.7. The molecule has 2 aromatic carbocycles. The van der Waals surface area contributed by atoms with Gasteiger partial charge in [-0.15, -0.1) is 0 Å². The van der Waals surface area contributed by atoms with Crippen molar-refractivity contribution in [1.82, 2.24) is 10.2 Å². The summed E-state index contributed by atoms with van der Waals surface area (Å²) in [7, 11) is 0. The molecule has 1 saturated heterocycles. The van der Waals surface area contributed by atoms with Crippen molar-refractivity contribution in [3.8, 4) is 0 Å². The highest BCUT2D eigenvalue weighted by molar-refractivity contribution is 6.14. The Bertz CT molecular complexity index is 1110. The minimum Gasteiger partial charge on any atom is -0.353 e. The first kappa shape index (κ1) is 24.9. The van der Waals surface area contributed by atoms with Crippen molar-refractivity contribution >= 4 is 23.8 Å². The highest BCUT2D eigenvalue weighted by Gasteiger charge is 2.29. The molecule has 184 valence electrons. The monoisotopic (exact) mass is 486 g/mol. The van der Waals surface area contributed by atoms with Crippen LogP contribution in [0.3, 0.4) is 0 Å². The summed E-state index contributed by atoms with van der Waals surface area (Å²) in [5.74, 6) is -4.55. The van der Waals surface area contributed by atoms with Gasteiger partial charge in [-0.3, -0.25) is 9.59 Å². The highest BCUT2D eigenvalue weighted by atomic mass is 19.2. The number of carbonyl (C=O) groups is 2. The predicted octanol–water partition coefficient (Wildman–Crippen LogP) is 5.04. The number of amides is 1. The van der Waals surface area contributed by atoms with Crippen LogP contribution in [0.5, 0.6) is 0 Å². The fraction of sp³-hybridized carbons (Fsp3) is 0.333. The van der Waals surface area contributed by atoms with Gasteiger partial charge in [0.1, 0.15) is 0 Å². The van der Waals surface area contributed by atoms with Crippen LogP contribution in [0.1, 0.15) is 43.2 Å². The third kappa shape index (κ3) is 6.45. The number of hydrogen-bond acceptors (Lipinski definition) is 3. The van der Waals surface area contributed by atoms with Crippen LogP contribution < -0.4 is 5.32 Å². The SMILES string of the molecule is O=C(CCN1CCCC1)NC1C/C(=C\c2ccc(F)c(F)c2)C(=O)/C(=C/c2ccc(F)c(F)c2)C1. The zero-order chi connectivity index (χ0) is 24.9. The summed E-state index contributed by atoms with van der Waals surface area (Å²) in [6.45, 7) is 2.62. The average Bonchev–Trinajstić information content (AvgIpc) is 3.34. The Labute approximate surface area is 201 Å². The molecule has 2 aromatic rings. The van der Waals surface area contributed by atoms with Crippen LogP contribution in [0.15, 0.2) is 47.5 Å². The lowest BCUT2D eigenvalue weighted by Crippen LogP contribution is -2.40. The molecule has 1 heterocycles. The van der Waals surface area contributed by atoms with E-state index in [1.54, 1.807) is 0 Å². The smallest absolute Gasteiger partial charge is 0.221 e. The molecule has 1 amide bonds. The highest BCUT2D eigenvalue weighted by Crippen LogP contribution is 2.29. The number of ketones is 1. The topological polar surface area (TPSA) is 49.4 Å². The second-order valence-electron chi connectivity index (χ2n) is 8.99. The van der Waals surface area contributed by atoms with Crippen molar-refractivity contribution in [3.63, 3.8) is 0 Å². The molecular formula is C27H26F4N2O2. The predicted molar refractivity (Wildman–Crippen MR) is 125 cm³/mol. The van der Waals surface area contributed by atoms with Crippen LogP contribution in [-0.2, 0) is 9.59 Å². The van der Waals surface area contributed by atoms with E-state index in [0.29, 0.717) is 35.2 Å². The summed E-state index contributed by atoms with van der Waals surface area (Å²) in [5, 5.41) is 2.97. The minimum atomic E-state index is -1.04. The van der Waals surface area contributed by atoms with Gasteiger partial charge in [0.05, 0.1) is 0 Å². The summed E-state index contributed by atoms with van der Waals surface area (Å²) in [6.07, 6.45) is 5.93. The third-order valence-corrected chi connectivity index (χ3v) is 6.30. The van der Waals surface area contributed by atoms with Gasteiger partial charge in [0.25, 0.3) is 0 Å². The molecular weight excluding hydrogens is 460 g/mol. The van der Waals surface area contributed by atoms with Crippen LogP contribution >= 0.6 is 0 Å².